The van der Waals surface area contributed by atoms with Gasteiger partial charge < -0.3 is 10.2 Å². The normalized spacial score (nSPS) is 14.1. The van der Waals surface area contributed by atoms with Crippen LogP contribution in [0.1, 0.15) is 10.4 Å². The van der Waals surface area contributed by atoms with E-state index in [0.29, 0.717) is 11.6 Å². The SMILES string of the molecule is O=C(Nc1cccc(Cl)c1)N1CCc2sccc2C1. The Bertz CT molecular complexity index is 611. The van der Waals surface area contributed by atoms with Gasteiger partial charge in [0.05, 0.1) is 0 Å². The van der Waals surface area contributed by atoms with E-state index >= 15 is 0 Å². The zero-order chi connectivity index (χ0) is 13.2. The van der Waals surface area contributed by atoms with Crippen LogP contribution in [0.4, 0.5) is 10.5 Å². The quantitative estimate of drug-likeness (QED) is 0.847. The van der Waals surface area contributed by atoms with E-state index in [4.69, 9.17) is 11.6 Å². The van der Waals surface area contributed by atoms with Crippen molar-refractivity contribution in [3.8, 4) is 0 Å². The number of amides is 2. The number of benzene rings is 1. The third kappa shape index (κ3) is 2.74. The molecule has 1 N–H and O–H groups in total. The molecule has 0 fully saturated rings. The van der Waals surface area contributed by atoms with Gasteiger partial charge in [0.25, 0.3) is 0 Å². The molecule has 3 nitrogen and oxygen atoms in total. The van der Waals surface area contributed by atoms with Crippen LogP contribution in [0.3, 0.4) is 0 Å². The molecule has 0 atom stereocenters. The predicted molar refractivity (Wildman–Crippen MR) is 78.9 cm³/mol. The number of thiophene rings is 1. The Morgan fingerprint density at radius 3 is 3.11 bits per heavy atom. The molecule has 1 aromatic carbocycles. The molecule has 2 heterocycles. The summed E-state index contributed by atoms with van der Waals surface area (Å²) in [6.45, 7) is 1.45. The Morgan fingerprint density at radius 2 is 2.26 bits per heavy atom. The summed E-state index contributed by atoms with van der Waals surface area (Å²) in [5.41, 5.74) is 1.99. The molecular weight excluding hydrogens is 280 g/mol. The zero-order valence-electron chi connectivity index (χ0n) is 10.2. The maximum Gasteiger partial charge on any atom is 0.322 e. The molecule has 2 aromatic rings. The first kappa shape index (κ1) is 12.5. The Morgan fingerprint density at radius 1 is 1.37 bits per heavy atom. The minimum absolute atomic E-state index is 0.0703. The second kappa shape index (κ2) is 5.23. The summed E-state index contributed by atoms with van der Waals surface area (Å²) in [6, 6.07) is 9.22. The highest BCUT2D eigenvalue weighted by Gasteiger charge is 2.21. The fraction of sp³-hybridized carbons (Fsp3) is 0.214. The lowest BCUT2D eigenvalue weighted by Gasteiger charge is -2.27. The van der Waals surface area contributed by atoms with Crippen LogP contribution >= 0.6 is 22.9 Å². The molecule has 2 amide bonds. The van der Waals surface area contributed by atoms with E-state index in [9.17, 15) is 4.79 Å². The number of fused-ring (bicyclic) bond motifs is 1. The van der Waals surface area contributed by atoms with Gasteiger partial charge in [-0.25, -0.2) is 4.79 Å². The van der Waals surface area contributed by atoms with Crippen molar-refractivity contribution in [3.05, 3.63) is 51.2 Å². The number of anilines is 1. The van der Waals surface area contributed by atoms with E-state index in [1.807, 2.05) is 17.0 Å². The summed E-state index contributed by atoms with van der Waals surface area (Å²) in [7, 11) is 0. The van der Waals surface area contributed by atoms with Crippen molar-refractivity contribution in [2.24, 2.45) is 0 Å². The van der Waals surface area contributed by atoms with Gasteiger partial charge in [0.15, 0.2) is 0 Å². The van der Waals surface area contributed by atoms with E-state index in [1.165, 1.54) is 10.4 Å². The summed E-state index contributed by atoms with van der Waals surface area (Å²) in [5.74, 6) is 0. The van der Waals surface area contributed by atoms with Crippen molar-refractivity contribution in [3.63, 3.8) is 0 Å². The van der Waals surface area contributed by atoms with Gasteiger partial charge in [-0.2, -0.15) is 0 Å². The molecule has 98 valence electrons. The standard InChI is InChI=1S/C14H13ClN2OS/c15-11-2-1-3-12(8-11)16-14(18)17-6-4-13-10(9-17)5-7-19-13/h1-3,5,7-8H,4,6,9H2,(H,16,18). The topological polar surface area (TPSA) is 32.3 Å². The van der Waals surface area contributed by atoms with E-state index in [0.717, 1.165) is 18.7 Å². The molecule has 1 aromatic heterocycles. The average molecular weight is 293 g/mol. The molecule has 3 rings (SSSR count). The minimum atomic E-state index is -0.0703. The Labute approximate surface area is 120 Å². The minimum Gasteiger partial charge on any atom is -0.320 e. The molecule has 1 aliphatic heterocycles. The van der Waals surface area contributed by atoms with E-state index in [-0.39, 0.29) is 6.03 Å². The molecule has 0 saturated carbocycles. The lowest BCUT2D eigenvalue weighted by Crippen LogP contribution is -2.38. The first-order chi connectivity index (χ1) is 9.22. The Kier molecular flexibility index (Phi) is 3.44. The van der Waals surface area contributed by atoms with Crippen molar-refractivity contribution in [2.45, 2.75) is 13.0 Å². The highest BCUT2D eigenvalue weighted by Crippen LogP contribution is 2.24. The number of carbonyl (C=O) groups is 1. The van der Waals surface area contributed by atoms with E-state index < -0.39 is 0 Å². The van der Waals surface area contributed by atoms with Gasteiger partial charge in [0.1, 0.15) is 0 Å². The van der Waals surface area contributed by atoms with Crippen molar-refractivity contribution >= 4 is 34.7 Å². The van der Waals surface area contributed by atoms with Gasteiger partial charge in [-0.15, -0.1) is 11.3 Å². The maximum absolute atomic E-state index is 12.2. The van der Waals surface area contributed by atoms with Gasteiger partial charge in [0.2, 0.25) is 0 Å². The largest absolute Gasteiger partial charge is 0.322 e. The van der Waals surface area contributed by atoms with Crippen molar-refractivity contribution in [1.82, 2.24) is 4.90 Å². The summed E-state index contributed by atoms with van der Waals surface area (Å²) >= 11 is 7.67. The highest BCUT2D eigenvalue weighted by molar-refractivity contribution is 7.10. The summed E-state index contributed by atoms with van der Waals surface area (Å²) in [4.78, 5) is 15.4. The van der Waals surface area contributed by atoms with Crippen LogP contribution in [0, 0.1) is 0 Å². The third-order valence-corrected chi connectivity index (χ3v) is 4.43. The predicted octanol–water partition coefficient (Wildman–Crippen LogP) is 3.99. The van der Waals surface area contributed by atoms with Crippen LogP contribution in [0.5, 0.6) is 0 Å². The van der Waals surface area contributed by atoms with Crippen LogP contribution in [0.15, 0.2) is 35.7 Å². The molecule has 0 radical (unpaired) electrons. The number of nitrogens with zero attached hydrogens (tertiary/aromatic N) is 1. The van der Waals surface area contributed by atoms with Gasteiger partial charge in [-0.1, -0.05) is 17.7 Å². The maximum atomic E-state index is 12.2. The molecule has 5 heteroatoms. The second-order valence-corrected chi connectivity index (χ2v) is 5.92. The van der Waals surface area contributed by atoms with Crippen LogP contribution in [-0.4, -0.2) is 17.5 Å². The van der Waals surface area contributed by atoms with Crippen molar-refractivity contribution in [2.75, 3.05) is 11.9 Å². The molecular formula is C14H13ClN2OS. The molecule has 0 saturated heterocycles. The number of hydrogen-bond donors (Lipinski definition) is 1. The molecule has 1 aliphatic rings. The number of urea groups is 1. The van der Waals surface area contributed by atoms with Crippen LogP contribution in [-0.2, 0) is 13.0 Å². The molecule has 0 aliphatic carbocycles. The Balaban J connectivity index is 1.69. The van der Waals surface area contributed by atoms with E-state index in [1.54, 1.807) is 23.5 Å². The van der Waals surface area contributed by atoms with Gasteiger partial charge in [-0.05, 0) is 41.6 Å². The smallest absolute Gasteiger partial charge is 0.320 e. The number of rotatable bonds is 1. The second-order valence-electron chi connectivity index (χ2n) is 4.48. The highest BCUT2D eigenvalue weighted by atomic mass is 35.5. The van der Waals surface area contributed by atoms with Gasteiger partial charge in [-0.3, -0.25) is 0 Å². The van der Waals surface area contributed by atoms with Gasteiger partial charge in [0, 0.05) is 28.7 Å². The third-order valence-electron chi connectivity index (χ3n) is 3.17. The summed E-state index contributed by atoms with van der Waals surface area (Å²) in [6.07, 6.45) is 0.940. The van der Waals surface area contributed by atoms with Crippen LogP contribution < -0.4 is 5.32 Å². The fourth-order valence-electron chi connectivity index (χ4n) is 2.19. The number of hydrogen-bond acceptors (Lipinski definition) is 2. The molecule has 19 heavy (non-hydrogen) atoms. The lowest BCUT2D eigenvalue weighted by atomic mass is 10.1. The fourth-order valence-corrected chi connectivity index (χ4v) is 3.27. The average Bonchev–Trinajstić information content (AvgIpc) is 2.85. The van der Waals surface area contributed by atoms with Gasteiger partial charge >= 0.3 is 6.03 Å². The van der Waals surface area contributed by atoms with Crippen molar-refractivity contribution < 1.29 is 4.79 Å². The monoisotopic (exact) mass is 292 g/mol. The first-order valence-corrected chi connectivity index (χ1v) is 7.35. The molecule has 0 bridgehead atoms. The summed E-state index contributed by atoms with van der Waals surface area (Å²) in [5, 5.41) is 5.59. The number of nitrogens with one attached hydrogen (secondary N) is 1. The number of carbonyl (C=O) groups excluding carboxylic acids is 1. The lowest BCUT2D eigenvalue weighted by molar-refractivity contribution is 0.207. The Hall–Kier alpha value is -1.52. The van der Waals surface area contributed by atoms with Crippen LogP contribution in [0.2, 0.25) is 5.02 Å². The summed E-state index contributed by atoms with van der Waals surface area (Å²) < 4.78 is 0. The molecule has 0 spiro atoms. The van der Waals surface area contributed by atoms with E-state index in [2.05, 4.69) is 16.8 Å². The zero-order valence-corrected chi connectivity index (χ0v) is 11.8. The van der Waals surface area contributed by atoms with Crippen molar-refractivity contribution in [1.29, 1.82) is 0 Å². The molecule has 0 unspecified atom stereocenters. The number of halogens is 1. The first-order valence-electron chi connectivity index (χ1n) is 6.09. The van der Waals surface area contributed by atoms with Crippen LogP contribution in [0.25, 0.3) is 0 Å².